The molecular weight excluding hydrogens is 227 g/mol. The first kappa shape index (κ1) is 12.1. The van der Waals surface area contributed by atoms with Gasteiger partial charge in [0.05, 0.1) is 6.42 Å². The third kappa shape index (κ3) is 3.29. The Hall–Kier alpha value is -2.40. The zero-order chi connectivity index (χ0) is 12.8. The van der Waals surface area contributed by atoms with Crippen molar-refractivity contribution >= 4 is 5.78 Å². The predicted octanol–water partition coefficient (Wildman–Crippen LogP) is 3.45. The van der Waals surface area contributed by atoms with E-state index in [0.29, 0.717) is 11.1 Å². The highest BCUT2D eigenvalue weighted by atomic mass is 19.1. The summed E-state index contributed by atoms with van der Waals surface area (Å²) in [4.78, 5) is 11.7. The number of carbonyl (C=O) groups excluding carboxylic acids is 1. The number of hydrogen-bond acceptors (Lipinski definition) is 1. The molecule has 2 heteroatoms. The van der Waals surface area contributed by atoms with Crippen molar-refractivity contribution in [1.29, 1.82) is 0 Å². The van der Waals surface area contributed by atoms with E-state index >= 15 is 0 Å². The van der Waals surface area contributed by atoms with Crippen LogP contribution in [-0.2, 0) is 0 Å². The van der Waals surface area contributed by atoms with Crippen LogP contribution in [0.3, 0.4) is 0 Å². The molecular formula is C16H11FO. The number of Topliss-reactive ketones (excluding diaryl/α,β-unsaturated/α-hetero) is 1. The summed E-state index contributed by atoms with van der Waals surface area (Å²) in [5, 5.41) is 0. The van der Waals surface area contributed by atoms with Crippen molar-refractivity contribution in [3.63, 3.8) is 0 Å². The zero-order valence-electron chi connectivity index (χ0n) is 9.69. The second-order valence-corrected chi connectivity index (χ2v) is 3.77. The van der Waals surface area contributed by atoms with Gasteiger partial charge in [-0.15, -0.1) is 0 Å². The molecule has 0 amide bonds. The van der Waals surface area contributed by atoms with Crippen molar-refractivity contribution in [2.75, 3.05) is 0 Å². The number of hydrogen-bond donors (Lipinski definition) is 0. The lowest BCUT2D eigenvalue weighted by molar-refractivity contribution is 0.0998. The minimum atomic E-state index is -0.291. The van der Waals surface area contributed by atoms with Gasteiger partial charge in [-0.1, -0.05) is 42.2 Å². The van der Waals surface area contributed by atoms with E-state index in [4.69, 9.17) is 0 Å². The van der Waals surface area contributed by atoms with E-state index in [9.17, 15) is 9.18 Å². The maximum Gasteiger partial charge on any atom is 0.174 e. The standard InChI is InChI=1S/C16H11FO/c17-15-11-9-13(10-12-15)5-4-8-16(18)14-6-2-1-3-7-14/h1-3,6-7,9-12H,8H2. The molecule has 2 rings (SSSR count). The third-order valence-electron chi connectivity index (χ3n) is 2.42. The van der Waals surface area contributed by atoms with Crippen LogP contribution in [0.4, 0.5) is 4.39 Å². The number of rotatable bonds is 2. The Balaban J connectivity index is 2.00. The largest absolute Gasteiger partial charge is 0.293 e. The maximum atomic E-state index is 12.7. The fourth-order valence-corrected chi connectivity index (χ4v) is 1.49. The first-order chi connectivity index (χ1) is 8.75. The molecule has 0 saturated carbocycles. The summed E-state index contributed by atoms with van der Waals surface area (Å²) in [5.74, 6) is 5.33. The van der Waals surface area contributed by atoms with Crippen LogP contribution in [0.1, 0.15) is 22.3 Å². The molecule has 0 fully saturated rings. The predicted molar refractivity (Wildman–Crippen MR) is 68.7 cm³/mol. The van der Waals surface area contributed by atoms with Gasteiger partial charge in [0.2, 0.25) is 0 Å². The second kappa shape index (κ2) is 5.79. The number of carbonyl (C=O) groups is 1. The van der Waals surface area contributed by atoms with E-state index in [-0.39, 0.29) is 18.0 Å². The Kier molecular flexibility index (Phi) is 3.88. The second-order valence-electron chi connectivity index (χ2n) is 3.77. The summed E-state index contributed by atoms with van der Waals surface area (Å²) in [7, 11) is 0. The van der Waals surface area contributed by atoms with Gasteiger partial charge < -0.3 is 0 Å². The van der Waals surface area contributed by atoms with Crippen molar-refractivity contribution in [3.8, 4) is 11.8 Å². The SMILES string of the molecule is O=C(CC#Cc1ccc(F)cc1)c1ccccc1. The fraction of sp³-hybridized carbons (Fsp3) is 0.0625. The Labute approximate surface area is 105 Å². The first-order valence-corrected chi connectivity index (χ1v) is 5.58. The quantitative estimate of drug-likeness (QED) is 0.578. The van der Waals surface area contributed by atoms with Crippen LogP contribution >= 0.6 is 0 Å². The lowest BCUT2D eigenvalue weighted by atomic mass is 10.1. The maximum absolute atomic E-state index is 12.7. The van der Waals surface area contributed by atoms with E-state index in [1.807, 2.05) is 18.2 Å². The number of ketones is 1. The number of benzene rings is 2. The molecule has 0 N–H and O–H groups in total. The molecule has 0 aliphatic rings. The van der Waals surface area contributed by atoms with Gasteiger partial charge in [-0.25, -0.2) is 4.39 Å². The molecule has 0 spiro atoms. The normalized spacial score (nSPS) is 9.39. The van der Waals surface area contributed by atoms with Gasteiger partial charge in [0, 0.05) is 11.1 Å². The van der Waals surface area contributed by atoms with E-state index in [0.717, 1.165) is 0 Å². The first-order valence-electron chi connectivity index (χ1n) is 5.58. The van der Waals surface area contributed by atoms with Gasteiger partial charge in [0.25, 0.3) is 0 Å². The molecule has 0 bridgehead atoms. The molecule has 2 aromatic carbocycles. The van der Waals surface area contributed by atoms with Crippen molar-refractivity contribution in [3.05, 3.63) is 71.5 Å². The highest BCUT2D eigenvalue weighted by Gasteiger charge is 2.01. The van der Waals surface area contributed by atoms with Crippen LogP contribution < -0.4 is 0 Å². The lowest BCUT2D eigenvalue weighted by Gasteiger charge is -1.94. The van der Waals surface area contributed by atoms with Crippen LogP contribution in [0.5, 0.6) is 0 Å². The average Bonchev–Trinajstić information content (AvgIpc) is 2.42. The summed E-state index contributed by atoms with van der Waals surface area (Å²) in [6.45, 7) is 0. The molecule has 1 nitrogen and oxygen atoms in total. The van der Waals surface area contributed by atoms with Crippen LogP contribution in [0.15, 0.2) is 54.6 Å². The molecule has 0 aromatic heterocycles. The molecule has 0 aliphatic carbocycles. The van der Waals surface area contributed by atoms with Gasteiger partial charge >= 0.3 is 0 Å². The minimum absolute atomic E-state index is 0.00906. The molecule has 0 aliphatic heterocycles. The van der Waals surface area contributed by atoms with E-state index in [1.54, 1.807) is 24.3 Å². The van der Waals surface area contributed by atoms with Crippen molar-refractivity contribution in [2.45, 2.75) is 6.42 Å². The van der Waals surface area contributed by atoms with Gasteiger partial charge in [0.15, 0.2) is 5.78 Å². The Morgan fingerprint density at radius 1 is 1.00 bits per heavy atom. The van der Waals surface area contributed by atoms with Crippen LogP contribution in [-0.4, -0.2) is 5.78 Å². The summed E-state index contributed by atoms with van der Waals surface area (Å²) in [6, 6.07) is 14.9. The van der Waals surface area contributed by atoms with Crippen LogP contribution in [0.2, 0.25) is 0 Å². The zero-order valence-corrected chi connectivity index (χ0v) is 9.69. The van der Waals surface area contributed by atoms with E-state index in [1.165, 1.54) is 12.1 Å². The third-order valence-corrected chi connectivity index (χ3v) is 2.42. The van der Waals surface area contributed by atoms with Crippen LogP contribution in [0, 0.1) is 17.7 Å². The van der Waals surface area contributed by atoms with Crippen LogP contribution in [0.25, 0.3) is 0 Å². The topological polar surface area (TPSA) is 17.1 Å². The molecule has 0 radical (unpaired) electrons. The monoisotopic (exact) mass is 238 g/mol. The molecule has 18 heavy (non-hydrogen) atoms. The highest BCUT2D eigenvalue weighted by Crippen LogP contribution is 2.03. The van der Waals surface area contributed by atoms with Gasteiger partial charge in [0.1, 0.15) is 5.82 Å². The minimum Gasteiger partial charge on any atom is -0.293 e. The Bertz CT molecular complexity index is 588. The highest BCUT2D eigenvalue weighted by molar-refractivity contribution is 5.97. The number of halogens is 1. The van der Waals surface area contributed by atoms with E-state index in [2.05, 4.69) is 11.8 Å². The van der Waals surface area contributed by atoms with Gasteiger partial charge in [-0.05, 0) is 24.3 Å². The lowest BCUT2D eigenvalue weighted by Crippen LogP contribution is -1.96. The molecule has 2 aromatic rings. The summed E-state index contributed by atoms with van der Waals surface area (Å²) < 4.78 is 12.7. The van der Waals surface area contributed by atoms with Crippen molar-refractivity contribution in [2.24, 2.45) is 0 Å². The fourth-order valence-electron chi connectivity index (χ4n) is 1.49. The summed E-state index contributed by atoms with van der Waals surface area (Å²) in [5.41, 5.74) is 1.36. The van der Waals surface area contributed by atoms with E-state index < -0.39 is 0 Å². The van der Waals surface area contributed by atoms with Crippen molar-refractivity contribution < 1.29 is 9.18 Å². The molecule has 0 atom stereocenters. The molecule has 0 heterocycles. The Morgan fingerprint density at radius 3 is 2.33 bits per heavy atom. The van der Waals surface area contributed by atoms with Gasteiger partial charge in [-0.2, -0.15) is 0 Å². The average molecular weight is 238 g/mol. The smallest absolute Gasteiger partial charge is 0.174 e. The summed E-state index contributed by atoms with van der Waals surface area (Å²) >= 11 is 0. The molecule has 0 saturated heterocycles. The Morgan fingerprint density at radius 2 is 1.67 bits per heavy atom. The van der Waals surface area contributed by atoms with Crippen molar-refractivity contribution in [1.82, 2.24) is 0 Å². The molecule has 0 unspecified atom stereocenters. The summed E-state index contributed by atoms with van der Waals surface area (Å²) in [6.07, 6.45) is 0.168. The molecule has 88 valence electrons. The van der Waals surface area contributed by atoms with Gasteiger partial charge in [-0.3, -0.25) is 4.79 Å².